The summed E-state index contributed by atoms with van der Waals surface area (Å²) in [4.78, 5) is 1.39. The molecule has 1 aromatic carbocycles. The van der Waals surface area contributed by atoms with Gasteiger partial charge in [-0.05, 0) is 58.2 Å². The van der Waals surface area contributed by atoms with Crippen molar-refractivity contribution in [1.29, 1.82) is 0 Å². The lowest BCUT2D eigenvalue weighted by Gasteiger charge is -2.06. The summed E-state index contributed by atoms with van der Waals surface area (Å²) in [5, 5.41) is 4.21. The van der Waals surface area contributed by atoms with Gasteiger partial charge in [-0.1, -0.05) is 27.5 Å². The highest BCUT2D eigenvalue weighted by Gasteiger charge is 2.01. The van der Waals surface area contributed by atoms with Crippen LogP contribution in [0.1, 0.15) is 10.4 Å². The van der Waals surface area contributed by atoms with Crippen molar-refractivity contribution in [2.24, 2.45) is 0 Å². The molecular formula is C13H12Br2ClNS. The Morgan fingerprint density at radius 3 is 2.72 bits per heavy atom. The van der Waals surface area contributed by atoms with E-state index in [0.29, 0.717) is 0 Å². The zero-order valence-electron chi connectivity index (χ0n) is 9.55. The van der Waals surface area contributed by atoms with Gasteiger partial charge in [0, 0.05) is 27.5 Å². The average molecular weight is 410 g/mol. The summed E-state index contributed by atoms with van der Waals surface area (Å²) >= 11 is 14.8. The molecule has 96 valence electrons. The van der Waals surface area contributed by atoms with Crippen molar-refractivity contribution in [3.05, 3.63) is 54.1 Å². The van der Waals surface area contributed by atoms with Crippen LogP contribution in [0, 0.1) is 0 Å². The fourth-order valence-corrected chi connectivity index (χ4v) is 3.66. The maximum Gasteiger partial charge on any atom is 0.0701 e. The van der Waals surface area contributed by atoms with Crippen molar-refractivity contribution in [1.82, 2.24) is 5.32 Å². The van der Waals surface area contributed by atoms with E-state index in [4.69, 9.17) is 11.6 Å². The lowest BCUT2D eigenvalue weighted by Crippen LogP contribution is -2.16. The molecule has 0 aliphatic heterocycles. The van der Waals surface area contributed by atoms with Crippen LogP contribution in [0.5, 0.6) is 0 Å². The summed E-state index contributed by atoms with van der Waals surface area (Å²) in [6, 6.07) is 10.1. The number of halogens is 3. The van der Waals surface area contributed by atoms with E-state index < -0.39 is 0 Å². The quantitative estimate of drug-likeness (QED) is 0.665. The zero-order chi connectivity index (χ0) is 13.0. The van der Waals surface area contributed by atoms with Gasteiger partial charge in [0.25, 0.3) is 0 Å². The average Bonchev–Trinajstić information content (AvgIpc) is 2.75. The number of hydrogen-bond acceptors (Lipinski definition) is 2. The van der Waals surface area contributed by atoms with E-state index >= 15 is 0 Å². The number of nitrogens with one attached hydrogen (secondary N) is 1. The zero-order valence-corrected chi connectivity index (χ0v) is 14.3. The molecule has 5 heteroatoms. The summed E-state index contributed by atoms with van der Waals surface area (Å²) in [6.45, 7) is 1.79. The summed E-state index contributed by atoms with van der Waals surface area (Å²) in [5.41, 5.74) is 1.19. The molecule has 0 unspecified atom stereocenters. The van der Waals surface area contributed by atoms with Crippen molar-refractivity contribution in [2.45, 2.75) is 13.0 Å². The molecule has 0 saturated heterocycles. The van der Waals surface area contributed by atoms with Crippen LogP contribution in [0.25, 0.3) is 0 Å². The van der Waals surface area contributed by atoms with Crippen molar-refractivity contribution in [2.75, 3.05) is 6.54 Å². The van der Waals surface area contributed by atoms with Crippen LogP contribution >= 0.6 is 54.8 Å². The fraction of sp³-hybridized carbons (Fsp3) is 0.231. The minimum atomic E-state index is 0.775. The van der Waals surface area contributed by atoms with E-state index in [2.05, 4.69) is 49.3 Å². The van der Waals surface area contributed by atoms with Crippen molar-refractivity contribution >= 4 is 54.8 Å². The van der Waals surface area contributed by atoms with Gasteiger partial charge in [0.05, 0.1) is 3.79 Å². The minimum absolute atomic E-state index is 0.775. The Labute approximate surface area is 133 Å². The van der Waals surface area contributed by atoms with Gasteiger partial charge >= 0.3 is 0 Å². The molecule has 18 heavy (non-hydrogen) atoms. The number of benzene rings is 1. The van der Waals surface area contributed by atoms with Crippen molar-refractivity contribution < 1.29 is 0 Å². The number of rotatable bonds is 5. The molecule has 0 aliphatic rings. The van der Waals surface area contributed by atoms with E-state index in [9.17, 15) is 0 Å². The van der Waals surface area contributed by atoms with Crippen LogP contribution in [-0.4, -0.2) is 6.54 Å². The number of hydrogen-bond donors (Lipinski definition) is 1. The smallest absolute Gasteiger partial charge is 0.0701 e. The highest BCUT2D eigenvalue weighted by molar-refractivity contribution is 9.11. The molecule has 1 N–H and O–H groups in total. The van der Waals surface area contributed by atoms with Gasteiger partial charge in [-0.2, -0.15) is 0 Å². The van der Waals surface area contributed by atoms with Crippen LogP contribution < -0.4 is 5.32 Å². The van der Waals surface area contributed by atoms with E-state index in [1.165, 1.54) is 14.2 Å². The predicted octanol–water partition coefficient (Wildman–Crippen LogP) is 5.26. The summed E-state index contributed by atoms with van der Waals surface area (Å²) < 4.78 is 2.29. The molecular weight excluding hydrogens is 397 g/mol. The maximum absolute atomic E-state index is 5.98. The van der Waals surface area contributed by atoms with Crippen LogP contribution in [0.3, 0.4) is 0 Å². The van der Waals surface area contributed by atoms with Crippen molar-refractivity contribution in [3.8, 4) is 0 Å². The Kier molecular flexibility index (Phi) is 5.70. The predicted molar refractivity (Wildman–Crippen MR) is 86.6 cm³/mol. The molecule has 0 radical (unpaired) electrons. The summed E-state index contributed by atoms with van der Waals surface area (Å²) in [6.07, 6.45) is 1.05. The van der Waals surface area contributed by atoms with Gasteiger partial charge in [0.1, 0.15) is 0 Å². The monoisotopic (exact) mass is 407 g/mol. The van der Waals surface area contributed by atoms with E-state index in [-0.39, 0.29) is 0 Å². The first-order chi connectivity index (χ1) is 8.65. The third-order valence-electron chi connectivity index (χ3n) is 2.50. The van der Waals surface area contributed by atoms with Gasteiger partial charge in [0.2, 0.25) is 0 Å². The second-order valence-electron chi connectivity index (χ2n) is 3.87. The molecule has 0 bridgehead atoms. The van der Waals surface area contributed by atoms with Gasteiger partial charge in [-0.15, -0.1) is 11.3 Å². The Balaban J connectivity index is 1.80. The van der Waals surface area contributed by atoms with Crippen LogP contribution in [-0.2, 0) is 13.0 Å². The Morgan fingerprint density at radius 1 is 1.17 bits per heavy atom. The lowest BCUT2D eigenvalue weighted by atomic mass is 10.2. The molecule has 0 saturated carbocycles. The SMILES string of the molecule is Clc1ccc(Br)c(CNCCc2ccc(Br)s2)c1. The van der Waals surface area contributed by atoms with Gasteiger partial charge < -0.3 is 5.32 Å². The van der Waals surface area contributed by atoms with Crippen molar-refractivity contribution in [3.63, 3.8) is 0 Å². The van der Waals surface area contributed by atoms with E-state index in [0.717, 1.165) is 29.0 Å². The highest BCUT2D eigenvalue weighted by atomic mass is 79.9. The third-order valence-corrected chi connectivity index (χ3v) is 5.19. The molecule has 1 aromatic heterocycles. The molecule has 2 aromatic rings. The molecule has 0 spiro atoms. The molecule has 0 aliphatic carbocycles. The molecule has 1 heterocycles. The van der Waals surface area contributed by atoms with Crippen LogP contribution in [0.15, 0.2) is 38.6 Å². The van der Waals surface area contributed by atoms with Gasteiger partial charge in [-0.3, -0.25) is 0 Å². The summed E-state index contributed by atoms with van der Waals surface area (Å²) in [7, 11) is 0. The largest absolute Gasteiger partial charge is 0.312 e. The van der Waals surface area contributed by atoms with E-state index in [1.807, 2.05) is 18.2 Å². The Hall–Kier alpha value is 0.130. The first-order valence-corrected chi connectivity index (χ1v) is 8.32. The molecule has 0 fully saturated rings. The molecule has 0 atom stereocenters. The third kappa shape index (κ3) is 4.35. The number of thiophene rings is 1. The van der Waals surface area contributed by atoms with Gasteiger partial charge in [0.15, 0.2) is 0 Å². The minimum Gasteiger partial charge on any atom is -0.312 e. The van der Waals surface area contributed by atoms with Gasteiger partial charge in [-0.25, -0.2) is 0 Å². The second-order valence-corrected chi connectivity index (χ2v) is 7.71. The molecule has 1 nitrogen and oxygen atoms in total. The Bertz CT molecular complexity index is 527. The first kappa shape index (κ1) is 14.5. The first-order valence-electron chi connectivity index (χ1n) is 5.54. The maximum atomic E-state index is 5.98. The normalized spacial score (nSPS) is 10.8. The standard InChI is InChI=1S/C13H12Br2ClNS/c14-12-3-1-10(16)7-9(12)8-17-6-5-11-2-4-13(15)18-11/h1-4,7,17H,5-6,8H2. The lowest BCUT2D eigenvalue weighted by molar-refractivity contribution is 0.689. The Morgan fingerprint density at radius 2 is 2.00 bits per heavy atom. The topological polar surface area (TPSA) is 12.0 Å². The second kappa shape index (κ2) is 7.06. The van der Waals surface area contributed by atoms with Crippen LogP contribution in [0.2, 0.25) is 5.02 Å². The summed E-state index contributed by atoms with van der Waals surface area (Å²) in [5.74, 6) is 0. The molecule has 2 rings (SSSR count). The van der Waals surface area contributed by atoms with E-state index in [1.54, 1.807) is 11.3 Å². The highest BCUT2D eigenvalue weighted by Crippen LogP contribution is 2.23. The molecule has 0 amide bonds. The fourth-order valence-electron chi connectivity index (χ4n) is 1.60. The van der Waals surface area contributed by atoms with Crippen LogP contribution in [0.4, 0.5) is 0 Å².